The Labute approximate surface area is 119 Å². The van der Waals surface area contributed by atoms with Crippen LogP contribution in [-0.2, 0) is 0 Å². The lowest BCUT2D eigenvalue weighted by molar-refractivity contribution is 0.249. The third kappa shape index (κ3) is 16.5. The topological polar surface area (TPSA) is 135 Å². The van der Waals surface area contributed by atoms with Crippen molar-refractivity contribution in [2.24, 2.45) is 21.7 Å². The highest BCUT2D eigenvalue weighted by molar-refractivity contribution is 5.77. The predicted molar refractivity (Wildman–Crippen MR) is 77.5 cm³/mol. The zero-order valence-electron chi connectivity index (χ0n) is 11.9. The molecule has 2 saturated heterocycles. The quantitative estimate of drug-likeness (QED) is 0.496. The fourth-order valence-corrected chi connectivity index (χ4v) is 1.70. The standard InChI is InChI=1S/2C5H11N.C2H4N4O2/c2*1-2-4-6-5-3-1;3-1(7)5-6-2(4)8/h2*6H,1-5H2;(H2,3,7)(H2,4,8). The van der Waals surface area contributed by atoms with Gasteiger partial charge in [0.25, 0.3) is 0 Å². The summed E-state index contributed by atoms with van der Waals surface area (Å²) in [5.74, 6) is 0. The van der Waals surface area contributed by atoms with Gasteiger partial charge < -0.3 is 22.1 Å². The van der Waals surface area contributed by atoms with Crippen LogP contribution in [-0.4, -0.2) is 38.2 Å². The molecule has 2 aliphatic rings. The van der Waals surface area contributed by atoms with E-state index >= 15 is 0 Å². The summed E-state index contributed by atoms with van der Waals surface area (Å²) >= 11 is 0. The van der Waals surface area contributed by atoms with Crippen LogP contribution in [0.4, 0.5) is 9.59 Å². The Hall–Kier alpha value is -1.54. The second kappa shape index (κ2) is 13.9. The Morgan fingerprint density at radius 2 is 0.950 bits per heavy atom. The summed E-state index contributed by atoms with van der Waals surface area (Å²) in [6.07, 6.45) is 8.43. The Bertz CT molecular complexity index is 237. The molecule has 2 aliphatic heterocycles. The minimum Gasteiger partial charge on any atom is -0.348 e. The van der Waals surface area contributed by atoms with E-state index < -0.39 is 12.1 Å². The van der Waals surface area contributed by atoms with Crippen molar-refractivity contribution in [2.75, 3.05) is 26.2 Å². The van der Waals surface area contributed by atoms with Crippen molar-refractivity contribution in [3.63, 3.8) is 0 Å². The van der Waals surface area contributed by atoms with E-state index in [9.17, 15) is 9.59 Å². The van der Waals surface area contributed by atoms with Crippen molar-refractivity contribution in [2.45, 2.75) is 38.5 Å². The lowest BCUT2D eigenvalue weighted by Gasteiger charge is -2.08. The molecule has 0 saturated carbocycles. The molecule has 0 spiro atoms. The average molecular weight is 286 g/mol. The van der Waals surface area contributed by atoms with Crippen molar-refractivity contribution in [1.29, 1.82) is 0 Å². The first-order chi connectivity index (χ1) is 9.63. The fraction of sp³-hybridized carbons (Fsp3) is 0.833. The number of amides is 4. The predicted octanol–water partition coefficient (Wildman–Crippen LogP) is 1.12. The molecule has 2 fully saturated rings. The molecule has 0 aromatic carbocycles. The highest BCUT2D eigenvalue weighted by atomic mass is 16.2. The largest absolute Gasteiger partial charge is 0.357 e. The van der Waals surface area contributed by atoms with Crippen LogP contribution in [0.1, 0.15) is 38.5 Å². The number of piperidine rings is 2. The summed E-state index contributed by atoms with van der Waals surface area (Å²) in [6, 6.07) is -2.08. The van der Waals surface area contributed by atoms with Crippen LogP contribution in [0.5, 0.6) is 0 Å². The smallest absolute Gasteiger partial charge is 0.348 e. The van der Waals surface area contributed by atoms with E-state index in [1.54, 1.807) is 0 Å². The molecule has 0 aromatic rings. The zero-order valence-corrected chi connectivity index (χ0v) is 11.9. The number of rotatable bonds is 0. The lowest BCUT2D eigenvalue weighted by Crippen LogP contribution is -2.21. The first-order valence-corrected chi connectivity index (χ1v) is 7.05. The van der Waals surface area contributed by atoms with E-state index in [4.69, 9.17) is 0 Å². The minimum absolute atomic E-state index is 1.04. The van der Waals surface area contributed by atoms with E-state index in [1.807, 2.05) is 0 Å². The summed E-state index contributed by atoms with van der Waals surface area (Å²) in [4.78, 5) is 19.3. The number of primary amides is 2. The number of azo groups is 1. The molecular formula is C12H26N6O2. The van der Waals surface area contributed by atoms with Gasteiger partial charge in [0.05, 0.1) is 0 Å². The van der Waals surface area contributed by atoms with Crippen LogP contribution >= 0.6 is 0 Å². The van der Waals surface area contributed by atoms with Crippen molar-refractivity contribution < 1.29 is 9.59 Å². The fourth-order valence-electron chi connectivity index (χ4n) is 1.70. The number of carbonyl (C=O) groups excluding carboxylic acids is 2. The summed E-state index contributed by atoms with van der Waals surface area (Å²) in [5, 5.41) is 11.8. The van der Waals surface area contributed by atoms with E-state index in [0.717, 1.165) is 0 Å². The molecule has 0 aliphatic carbocycles. The van der Waals surface area contributed by atoms with Gasteiger partial charge in [0, 0.05) is 0 Å². The van der Waals surface area contributed by atoms with Crippen LogP contribution in [0.3, 0.4) is 0 Å². The summed E-state index contributed by atoms with van der Waals surface area (Å²) < 4.78 is 0. The summed E-state index contributed by atoms with van der Waals surface area (Å²) in [7, 11) is 0. The van der Waals surface area contributed by atoms with Crippen molar-refractivity contribution in [1.82, 2.24) is 10.6 Å². The van der Waals surface area contributed by atoms with Gasteiger partial charge in [0.1, 0.15) is 0 Å². The molecule has 6 N–H and O–H groups in total. The third-order valence-electron chi connectivity index (χ3n) is 2.66. The molecule has 4 amide bonds. The van der Waals surface area contributed by atoms with Gasteiger partial charge in [-0.2, -0.15) is 0 Å². The van der Waals surface area contributed by atoms with Gasteiger partial charge in [-0.05, 0) is 51.9 Å². The van der Waals surface area contributed by atoms with Crippen LogP contribution in [0.2, 0.25) is 0 Å². The maximum Gasteiger partial charge on any atom is 0.357 e. The SMILES string of the molecule is C1CCNCC1.C1CCNCC1.NC(=O)N=NC(N)=O. The molecule has 20 heavy (non-hydrogen) atoms. The second-order valence-corrected chi connectivity index (χ2v) is 4.50. The van der Waals surface area contributed by atoms with E-state index in [-0.39, 0.29) is 0 Å². The van der Waals surface area contributed by atoms with Crippen LogP contribution in [0.15, 0.2) is 10.2 Å². The molecule has 2 heterocycles. The second-order valence-electron chi connectivity index (χ2n) is 4.50. The molecule has 0 bridgehead atoms. The zero-order chi connectivity index (χ0) is 15.1. The van der Waals surface area contributed by atoms with Gasteiger partial charge in [0.15, 0.2) is 0 Å². The third-order valence-corrected chi connectivity index (χ3v) is 2.66. The molecule has 0 unspecified atom stereocenters. The van der Waals surface area contributed by atoms with Crippen LogP contribution in [0.25, 0.3) is 0 Å². The molecule has 8 nitrogen and oxygen atoms in total. The molecule has 0 atom stereocenters. The first-order valence-electron chi connectivity index (χ1n) is 7.05. The van der Waals surface area contributed by atoms with Crippen LogP contribution in [0, 0.1) is 0 Å². The Morgan fingerprint density at radius 3 is 1.05 bits per heavy atom. The van der Waals surface area contributed by atoms with Gasteiger partial charge in [0.2, 0.25) is 0 Å². The molecule has 0 radical (unpaired) electrons. The molecule has 0 aromatic heterocycles. The average Bonchev–Trinajstić information content (AvgIpc) is 2.50. The summed E-state index contributed by atoms with van der Waals surface area (Å²) in [5.41, 5.74) is 8.87. The summed E-state index contributed by atoms with van der Waals surface area (Å²) in [6.45, 7) is 5.00. The highest BCUT2D eigenvalue weighted by Gasteiger charge is 1.94. The molecular weight excluding hydrogens is 260 g/mol. The number of nitrogens with two attached hydrogens (primary N) is 2. The Morgan fingerprint density at radius 1 is 0.650 bits per heavy atom. The molecule has 8 heteroatoms. The number of urea groups is 2. The monoisotopic (exact) mass is 286 g/mol. The van der Waals surface area contributed by atoms with Gasteiger partial charge >= 0.3 is 12.1 Å². The van der Waals surface area contributed by atoms with Gasteiger partial charge in [-0.1, -0.05) is 23.1 Å². The van der Waals surface area contributed by atoms with Gasteiger partial charge in [-0.3, -0.25) is 0 Å². The van der Waals surface area contributed by atoms with E-state index in [0.29, 0.717) is 0 Å². The van der Waals surface area contributed by atoms with Crippen LogP contribution < -0.4 is 22.1 Å². The minimum atomic E-state index is -1.04. The van der Waals surface area contributed by atoms with Crippen molar-refractivity contribution in [3.05, 3.63) is 0 Å². The Balaban J connectivity index is 0.000000274. The lowest BCUT2D eigenvalue weighted by atomic mass is 10.2. The molecule has 116 valence electrons. The van der Waals surface area contributed by atoms with E-state index in [1.165, 1.54) is 64.7 Å². The highest BCUT2D eigenvalue weighted by Crippen LogP contribution is 1.97. The normalized spacial score (nSPS) is 18.2. The van der Waals surface area contributed by atoms with Crippen molar-refractivity contribution in [3.8, 4) is 0 Å². The number of hydrogen-bond acceptors (Lipinski definition) is 4. The Kier molecular flexibility index (Phi) is 12.8. The number of nitrogens with one attached hydrogen (secondary N) is 2. The van der Waals surface area contributed by atoms with Gasteiger partial charge in [-0.25, -0.2) is 9.59 Å². The van der Waals surface area contributed by atoms with Gasteiger partial charge in [-0.15, -0.1) is 0 Å². The van der Waals surface area contributed by atoms with Crippen molar-refractivity contribution >= 4 is 12.1 Å². The van der Waals surface area contributed by atoms with E-state index in [2.05, 4.69) is 32.3 Å². The molecule has 2 rings (SSSR count). The number of carbonyl (C=O) groups is 2. The number of hydrogen-bond donors (Lipinski definition) is 4. The maximum atomic E-state index is 9.66. The number of nitrogens with zero attached hydrogens (tertiary/aromatic N) is 2. The first kappa shape index (κ1) is 18.5. The maximum absolute atomic E-state index is 9.66.